The van der Waals surface area contributed by atoms with E-state index < -0.39 is 0 Å². The summed E-state index contributed by atoms with van der Waals surface area (Å²) in [4.78, 5) is 4.28. The van der Waals surface area contributed by atoms with E-state index in [9.17, 15) is 0 Å². The predicted molar refractivity (Wildman–Crippen MR) is 108 cm³/mol. The van der Waals surface area contributed by atoms with Crippen LogP contribution >= 0.6 is 0 Å². The van der Waals surface area contributed by atoms with Gasteiger partial charge in [0.15, 0.2) is 5.96 Å². The Hall–Kier alpha value is -2.31. The van der Waals surface area contributed by atoms with Crippen LogP contribution in [0.3, 0.4) is 0 Å². The van der Waals surface area contributed by atoms with E-state index in [-0.39, 0.29) is 6.10 Å². The van der Waals surface area contributed by atoms with Gasteiger partial charge in [-0.25, -0.2) is 0 Å². The summed E-state index contributed by atoms with van der Waals surface area (Å²) in [5.74, 6) is 1.68. The maximum Gasteiger partial charge on any atom is 0.191 e. The Labute approximate surface area is 160 Å². The van der Waals surface area contributed by atoms with Crippen LogP contribution in [0.4, 0.5) is 0 Å². The summed E-state index contributed by atoms with van der Waals surface area (Å²) in [7, 11) is 3.47. The van der Waals surface area contributed by atoms with E-state index in [1.54, 1.807) is 14.2 Å². The zero-order valence-electron chi connectivity index (χ0n) is 16.2. The van der Waals surface area contributed by atoms with Gasteiger partial charge in [-0.15, -0.1) is 0 Å². The van der Waals surface area contributed by atoms with Gasteiger partial charge in [0.1, 0.15) is 5.75 Å². The SMILES string of the molecule is CN=C(NCCCOC1CCOC1)NCc1ccc2cc(OC)ccc2c1. The van der Waals surface area contributed by atoms with Gasteiger partial charge in [0, 0.05) is 33.4 Å². The number of ether oxygens (including phenoxy) is 3. The second-order valence-corrected chi connectivity index (χ2v) is 6.61. The van der Waals surface area contributed by atoms with Crippen LogP contribution in [0.25, 0.3) is 10.8 Å². The van der Waals surface area contributed by atoms with Gasteiger partial charge < -0.3 is 24.8 Å². The lowest BCUT2D eigenvalue weighted by Crippen LogP contribution is -2.37. The van der Waals surface area contributed by atoms with Crippen LogP contribution in [0, 0.1) is 0 Å². The van der Waals surface area contributed by atoms with Gasteiger partial charge in [-0.1, -0.05) is 18.2 Å². The molecule has 2 N–H and O–H groups in total. The molecule has 0 spiro atoms. The molecule has 0 bridgehead atoms. The normalized spacial score (nSPS) is 17.3. The Morgan fingerprint density at radius 3 is 2.81 bits per heavy atom. The largest absolute Gasteiger partial charge is 0.497 e. The van der Waals surface area contributed by atoms with Crippen molar-refractivity contribution in [2.45, 2.75) is 25.5 Å². The molecule has 0 aliphatic carbocycles. The van der Waals surface area contributed by atoms with Crippen molar-refractivity contribution in [2.24, 2.45) is 4.99 Å². The second kappa shape index (κ2) is 10.1. The monoisotopic (exact) mass is 371 g/mol. The molecule has 6 heteroatoms. The van der Waals surface area contributed by atoms with E-state index in [1.807, 2.05) is 12.1 Å². The molecule has 1 saturated heterocycles. The average Bonchev–Trinajstić information content (AvgIpc) is 3.23. The average molecular weight is 371 g/mol. The van der Waals surface area contributed by atoms with Gasteiger partial charge in [-0.05, 0) is 47.4 Å². The van der Waals surface area contributed by atoms with Gasteiger partial charge in [-0.3, -0.25) is 4.99 Å². The van der Waals surface area contributed by atoms with Crippen molar-refractivity contribution in [3.8, 4) is 5.75 Å². The first-order valence-corrected chi connectivity index (χ1v) is 9.49. The van der Waals surface area contributed by atoms with Crippen LogP contribution in [0.5, 0.6) is 5.75 Å². The fourth-order valence-electron chi connectivity index (χ4n) is 3.09. The minimum Gasteiger partial charge on any atom is -0.497 e. The highest BCUT2D eigenvalue weighted by molar-refractivity contribution is 5.85. The van der Waals surface area contributed by atoms with Crippen molar-refractivity contribution in [3.05, 3.63) is 42.0 Å². The van der Waals surface area contributed by atoms with E-state index in [4.69, 9.17) is 14.2 Å². The molecule has 1 aliphatic rings. The summed E-state index contributed by atoms with van der Waals surface area (Å²) in [6, 6.07) is 12.5. The molecule has 146 valence electrons. The number of rotatable bonds is 8. The summed E-state index contributed by atoms with van der Waals surface area (Å²) < 4.78 is 16.4. The fraction of sp³-hybridized carbons (Fsp3) is 0.476. The molecule has 1 atom stereocenters. The molecule has 1 fully saturated rings. The van der Waals surface area contributed by atoms with Crippen molar-refractivity contribution >= 4 is 16.7 Å². The number of aliphatic imine (C=N–C) groups is 1. The highest BCUT2D eigenvalue weighted by Crippen LogP contribution is 2.21. The molecular formula is C21H29N3O3. The molecule has 27 heavy (non-hydrogen) atoms. The van der Waals surface area contributed by atoms with Gasteiger partial charge in [0.25, 0.3) is 0 Å². The smallest absolute Gasteiger partial charge is 0.191 e. The summed E-state index contributed by atoms with van der Waals surface area (Å²) in [5, 5.41) is 9.06. The van der Waals surface area contributed by atoms with E-state index in [0.717, 1.165) is 57.5 Å². The molecule has 0 saturated carbocycles. The Bertz CT molecular complexity index is 757. The van der Waals surface area contributed by atoms with Crippen LogP contribution < -0.4 is 15.4 Å². The third kappa shape index (κ3) is 5.84. The number of methoxy groups -OCH3 is 1. The second-order valence-electron chi connectivity index (χ2n) is 6.61. The zero-order chi connectivity index (χ0) is 18.9. The Kier molecular flexibility index (Phi) is 7.30. The minimum absolute atomic E-state index is 0.273. The number of fused-ring (bicyclic) bond motifs is 1. The molecule has 6 nitrogen and oxygen atoms in total. The molecule has 2 aromatic rings. The molecule has 2 aromatic carbocycles. The number of benzene rings is 2. The Morgan fingerprint density at radius 2 is 2.04 bits per heavy atom. The zero-order valence-corrected chi connectivity index (χ0v) is 16.2. The Balaban J connectivity index is 1.41. The third-order valence-corrected chi connectivity index (χ3v) is 4.65. The molecule has 0 radical (unpaired) electrons. The quantitative estimate of drug-likeness (QED) is 0.424. The van der Waals surface area contributed by atoms with Gasteiger partial charge in [0.2, 0.25) is 0 Å². The summed E-state index contributed by atoms with van der Waals surface area (Å²) in [5.41, 5.74) is 1.21. The van der Waals surface area contributed by atoms with E-state index in [0.29, 0.717) is 0 Å². The standard InChI is InChI=1S/C21H29N3O3/c1-22-21(23-9-3-10-27-20-8-11-26-15-20)24-14-16-4-5-18-13-19(25-2)7-6-17(18)12-16/h4-7,12-13,20H,3,8-11,14-15H2,1-2H3,(H2,22,23,24). The highest BCUT2D eigenvalue weighted by Gasteiger charge is 2.15. The van der Waals surface area contributed by atoms with Crippen molar-refractivity contribution < 1.29 is 14.2 Å². The lowest BCUT2D eigenvalue weighted by Gasteiger charge is -2.13. The lowest BCUT2D eigenvalue weighted by molar-refractivity contribution is 0.0420. The van der Waals surface area contributed by atoms with Crippen LogP contribution in [0.2, 0.25) is 0 Å². The number of nitrogens with one attached hydrogen (secondary N) is 2. The number of guanidine groups is 1. The molecular weight excluding hydrogens is 342 g/mol. The first-order valence-electron chi connectivity index (χ1n) is 9.49. The first kappa shape index (κ1) is 19.5. The summed E-state index contributed by atoms with van der Waals surface area (Å²) in [6.45, 7) is 3.84. The highest BCUT2D eigenvalue weighted by atomic mass is 16.5. The van der Waals surface area contributed by atoms with Crippen LogP contribution in [-0.2, 0) is 16.0 Å². The van der Waals surface area contributed by atoms with Gasteiger partial charge in [0.05, 0.1) is 19.8 Å². The molecule has 1 heterocycles. The van der Waals surface area contributed by atoms with Crippen molar-refractivity contribution in [3.63, 3.8) is 0 Å². The first-order chi connectivity index (χ1) is 13.3. The number of nitrogens with zero attached hydrogens (tertiary/aromatic N) is 1. The predicted octanol–water partition coefficient (Wildman–Crippen LogP) is 2.71. The van der Waals surface area contributed by atoms with E-state index in [2.05, 4.69) is 39.9 Å². The maximum atomic E-state index is 5.77. The molecule has 1 aliphatic heterocycles. The summed E-state index contributed by atoms with van der Waals surface area (Å²) >= 11 is 0. The van der Waals surface area contributed by atoms with Crippen LogP contribution in [0.1, 0.15) is 18.4 Å². The van der Waals surface area contributed by atoms with Gasteiger partial charge >= 0.3 is 0 Å². The lowest BCUT2D eigenvalue weighted by atomic mass is 10.1. The molecule has 1 unspecified atom stereocenters. The summed E-state index contributed by atoms with van der Waals surface area (Å²) in [6.07, 6.45) is 2.22. The molecule has 0 aromatic heterocycles. The number of hydrogen-bond donors (Lipinski definition) is 2. The third-order valence-electron chi connectivity index (χ3n) is 4.65. The minimum atomic E-state index is 0.273. The molecule has 0 amide bonds. The fourth-order valence-corrected chi connectivity index (χ4v) is 3.09. The van der Waals surface area contributed by atoms with Crippen molar-refractivity contribution in [2.75, 3.05) is 40.5 Å². The van der Waals surface area contributed by atoms with Crippen LogP contribution in [0.15, 0.2) is 41.4 Å². The van der Waals surface area contributed by atoms with E-state index in [1.165, 1.54) is 16.3 Å². The molecule has 3 rings (SSSR count). The van der Waals surface area contributed by atoms with Crippen molar-refractivity contribution in [1.29, 1.82) is 0 Å². The van der Waals surface area contributed by atoms with Gasteiger partial charge in [-0.2, -0.15) is 0 Å². The van der Waals surface area contributed by atoms with Crippen LogP contribution in [-0.4, -0.2) is 52.6 Å². The topological polar surface area (TPSA) is 64.1 Å². The van der Waals surface area contributed by atoms with Crippen molar-refractivity contribution in [1.82, 2.24) is 10.6 Å². The van der Waals surface area contributed by atoms with E-state index >= 15 is 0 Å². The Morgan fingerprint density at radius 1 is 1.19 bits per heavy atom. The maximum absolute atomic E-state index is 5.77. The number of hydrogen-bond acceptors (Lipinski definition) is 4.